The Bertz CT molecular complexity index is 276. The van der Waals surface area contributed by atoms with Gasteiger partial charge >= 0.3 is 0 Å². The molecule has 0 aliphatic rings. The van der Waals surface area contributed by atoms with Gasteiger partial charge in [-0.25, -0.2) is 0 Å². The fourth-order valence-corrected chi connectivity index (χ4v) is 1.90. The van der Waals surface area contributed by atoms with Gasteiger partial charge in [-0.05, 0) is 18.6 Å². The molecule has 2 atom stereocenters. The van der Waals surface area contributed by atoms with E-state index in [9.17, 15) is 4.21 Å². The van der Waals surface area contributed by atoms with E-state index < -0.39 is 10.8 Å². The SMILES string of the molecule is CC(CN)S(=O)Cc1cccnc1. The molecule has 0 saturated carbocycles. The minimum atomic E-state index is -0.881. The van der Waals surface area contributed by atoms with E-state index in [1.807, 2.05) is 19.1 Å². The van der Waals surface area contributed by atoms with Gasteiger partial charge in [0.2, 0.25) is 0 Å². The minimum Gasteiger partial charge on any atom is -0.329 e. The molecule has 4 heteroatoms. The highest BCUT2D eigenvalue weighted by Crippen LogP contribution is 2.04. The van der Waals surface area contributed by atoms with E-state index in [0.29, 0.717) is 12.3 Å². The molecule has 1 aromatic rings. The highest BCUT2D eigenvalue weighted by Gasteiger charge is 2.09. The average molecular weight is 198 g/mol. The first-order chi connectivity index (χ1) is 6.24. The standard InChI is InChI=1S/C9H14N2OS/c1-8(5-10)13(12)7-9-3-2-4-11-6-9/h2-4,6,8H,5,7,10H2,1H3. The molecule has 2 unspecified atom stereocenters. The molecule has 3 nitrogen and oxygen atoms in total. The predicted octanol–water partition coefficient (Wildman–Crippen LogP) is 0.677. The molecule has 0 saturated heterocycles. The third-order valence-electron chi connectivity index (χ3n) is 1.81. The number of rotatable bonds is 4. The van der Waals surface area contributed by atoms with Crippen LogP contribution in [0, 0.1) is 0 Å². The second-order valence-corrected chi connectivity index (χ2v) is 4.79. The number of hydrogen-bond acceptors (Lipinski definition) is 3. The summed E-state index contributed by atoms with van der Waals surface area (Å²) >= 11 is 0. The summed E-state index contributed by atoms with van der Waals surface area (Å²) in [6.45, 7) is 2.36. The summed E-state index contributed by atoms with van der Waals surface area (Å²) in [4.78, 5) is 3.96. The minimum absolute atomic E-state index is 0.0557. The Morgan fingerprint density at radius 3 is 3.00 bits per heavy atom. The first kappa shape index (κ1) is 10.3. The van der Waals surface area contributed by atoms with E-state index in [1.54, 1.807) is 12.4 Å². The molecule has 0 radical (unpaired) electrons. The number of pyridine rings is 1. The molecule has 0 spiro atoms. The van der Waals surface area contributed by atoms with Crippen molar-refractivity contribution in [1.29, 1.82) is 0 Å². The first-order valence-electron chi connectivity index (χ1n) is 4.20. The van der Waals surface area contributed by atoms with Crippen LogP contribution in [0.25, 0.3) is 0 Å². The van der Waals surface area contributed by atoms with Crippen LogP contribution < -0.4 is 5.73 Å². The van der Waals surface area contributed by atoms with Gasteiger partial charge in [-0.3, -0.25) is 9.19 Å². The Labute approximate surface area is 80.8 Å². The molecular formula is C9H14N2OS. The number of hydrogen-bond donors (Lipinski definition) is 1. The maximum atomic E-state index is 11.5. The van der Waals surface area contributed by atoms with E-state index in [1.165, 1.54) is 0 Å². The quantitative estimate of drug-likeness (QED) is 0.774. The van der Waals surface area contributed by atoms with Crippen LogP contribution in [-0.2, 0) is 16.6 Å². The maximum absolute atomic E-state index is 11.5. The lowest BCUT2D eigenvalue weighted by molar-refractivity contribution is 0.672. The van der Waals surface area contributed by atoms with Gasteiger partial charge in [-0.1, -0.05) is 6.07 Å². The van der Waals surface area contributed by atoms with Gasteiger partial charge in [0.25, 0.3) is 0 Å². The molecule has 13 heavy (non-hydrogen) atoms. The summed E-state index contributed by atoms with van der Waals surface area (Å²) < 4.78 is 11.5. The summed E-state index contributed by atoms with van der Waals surface area (Å²) in [6.07, 6.45) is 3.44. The Hall–Kier alpha value is -0.740. The maximum Gasteiger partial charge on any atom is 0.0504 e. The van der Waals surface area contributed by atoms with Crippen molar-refractivity contribution in [3.8, 4) is 0 Å². The van der Waals surface area contributed by atoms with Crippen molar-refractivity contribution in [3.05, 3.63) is 30.1 Å². The van der Waals surface area contributed by atoms with Gasteiger partial charge in [-0.15, -0.1) is 0 Å². The molecule has 0 amide bonds. The fourth-order valence-electron chi connectivity index (χ4n) is 0.897. The lowest BCUT2D eigenvalue weighted by atomic mass is 10.3. The van der Waals surface area contributed by atoms with E-state index in [-0.39, 0.29) is 5.25 Å². The van der Waals surface area contributed by atoms with Crippen molar-refractivity contribution in [3.63, 3.8) is 0 Å². The number of nitrogens with two attached hydrogens (primary N) is 1. The summed E-state index contributed by atoms with van der Waals surface area (Å²) in [5, 5.41) is 0.0557. The van der Waals surface area contributed by atoms with Crippen molar-refractivity contribution >= 4 is 10.8 Å². The van der Waals surface area contributed by atoms with Crippen LogP contribution in [-0.4, -0.2) is 21.0 Å². The van der Waals surface area contributed by atoms with Crippen LogP contribution in [0.3, 0.4) is 0 Å². The van der Waals surface area contributed by atoms with Gasteiger partial charge in [0.05, 0.1) is 5.75 Å². The van der Waals surface area contributed by atoms with Crippen molar-refractivity contribution in [2.24, 2.45) is 5.73 Å². The molecule has 0 bridgehead atoms. The topological polar surface area (TPSA) is 56.0 Å². The summed E-state index contributed by atoms with van der Waals surface area (Å²) in [5.74, 6) is 0.548. The van der Waals surface area contributed by atoms with Crippen LogP contribution in [0.2, 0.25) is 0 Å². The smallest absolute Gasteiger partial charge is 0.0504 e. The van der Waals surface area contributed by atoms with E-state index in [4.69, 9.17) is 5.73 Å². The zero-order valence-electron chi connectivity index (χ0n) is 7.64. The molecule has 0 aromatic carbocycles. The third kappa shape index (κ3) is 3.24. The Morgan fingerprint density at radius 1 is 1.69 bits per heavy atom. The third-order valence-corrected chi connectivity index (χ3v) is 3.52. The van der Waals surface area contributed by atoms with Gasteiger partial charge in [0.15, 0.2) is 0 Å². The largest absolute Gasteiger partial charge is 0.329 e. The molecule has 0 aliphatic heterocycles. The molecular weight excluding hydrogens is 184 g/mol. The van der Waals surface area contributed by atoms with Crippen LogP contribution >= 0.6 is 0 Å². The lowest BCUT2D eigenvalue weighted by Crippen LogP contribution is -2.22. The van der Waals surface area contributed by atoms with Crippen LogP contribution in [0.4, 0.5) is 0 Å². The van der Waals surface area contributed by atoms with Crippen LogP contribution in [0.15, 0.2) is 24.5 Å². The Kier molecular flexibility index (Phi) is 4.05. The van der Waals surface area contributed by atoms with Crippen LogP contribution in [0.1, 0.15) is 12.5 Å². The molecule has 1 aromatic heterocycles. The van der Waals surface area contributed by atoms with Gasteiger partial charge in [0, 0.05) is 35.0 Å². The zero-order valence-corrected chi connectivity index (χ0v) is 8.46. The molecule has 72 valence electrons. The normalized spacial score (nSPS) is 15.2. The summed E-state index contributed by atoms with van der Waals surface area (Å²) in [7, 11) is -0.881. The second-order valence-electron chi connectivity index (χ2n) is 2.93. The van der Waals surface area contributed by atoms with Crippen molar-refractivity contribution in [2.75, 3.05) is 6.54 Å². The van der Waals surface area contributed by atoms with E-state index in [2.05, 4.69) is 4.98 Å². The van der Waals surface area contributed by atoms with E-state index >= 15 is 0 Å². The summed E-state index contributed by atoms with van der Waals surface area (Å²) in [5.41, 5.74) is 6.42. The molecule has 2 N–H and O–H groups in total. The summed E-state index contributed by atoms with van der Waals surface area (Å²) in [6, 6.07) is 3.77. The Morgan fingerprint density at radius 2 is 2.46 bits per heavy atom. The average Bonchev–Trinajstić information content (AvgIpc) is 2.18. The highest BCUT2D eigenvalue weighted by molar-refractivity contribution is 7.84. The number of nitrogens with zero attached hydrogens (tertiary/aromatic N) is 1. The zero-order chi connectivity index (χ0) is 9.68. The van der Waals surface area contributed by atoms with Crippen molar-refractivity contribution in [1.82, 2.24) is 4.98 Å². The first-order valence-corrected chi connectivity index (χ1v) is 5.58. The monoisotopic (exact) mass is 198 g/mol. The predicted molar refractivity (Wildman–Crippen MR) is 54.6 cm³/mol. The second kappa shape index (κ2) is 5.09. The molecule has 0 fully saturated rings. The lowest BCUT2D eigenvalue weighted by Gasteiger charge is -2.07. The van der Waals surface area contributed by atoms with Crippen molar-refractivity contribution in [2.45, 2.75) is 17.9 Å². The molecule has 1 rings (SSSR count). The van der Waals surface area contributed by atoms with Crippen LogP contribution in [0.5, 0.6) is 0 Å². The van der Waals surface area contributed by atoms with E-state index in [0.717, 1.165) is 5.56 Å². The molecule has 0 aliphatic carbocycles. The van der Waals surface area contributed by atoms with Crippen molar-refractivity contribution < 1.29 is 4.21 Å². The highest BCUT2D eigenvalue weighted by atomic mass is 32.2. The van der Waals surface area contributed by atoms with Gasteiger partial charge in [0.1, 0.15) is 0 Å². The van der Waals surface area contributed by atoms with Gasteiger partial charge in [-0.2, -0.15) is 0 Å². The fraction of sp³-hybridized carbons (Fsp3) is 0.444. The van der Waals surface area contributed by atoms with Gasteiger partial charge < -0.3 is 5.73 Å². The Balaban J connectivity index is 2.55. The number of aromatic nitrogens is 1. The molecule has 1 heterocycles.